The van der Waals surface area contributed by atoms with Crippen LogP contribution in [0.3, 0.4) is 0 Å². The van der Waals surface area contributed by atoms with E-state index < -0.39 is 0 Å². The number of aromatic nitrogens is 1. The number of nitrogen functional groups attached to an aromatic ring is 1. The normalized spacial score (nSPS) is 8.50. The van der Waals surface area contributed by atoms with Crippen molar-refractivity contribution in [3.8, 4) is 0 Å². The summed E-state index contributed by atoms with van der Waals surface area (Å²) in [7, 11) is 0. The average Bonchev–Trinajstić information content (AvgIpc) is 1.88. The third-order valence-electron chi connectivity index (χ3n) is 1.25. The summed E-state index contributed by atoms with van der Waals surface area (Å²) in [4.78, 5) is 0. The molecule has 0 aliphatic rings. The van der Waals surface area contributed by atoms with E-state index in [1.807, 2.05) is 29.1 Å². The zero-order valence-electron chi connectivity index (χ0n) is 5.92. The molecule has 1 aromatic heterocycles. The van der Waals surface area contributed by atoms with Crippen molar-refractivity contribution in [1.82, 2.24) is 0 Å². The maximum atomic E-state index is 5.51. The highest BCUT2D eigenvalue weighted by Gasteiger charge is 1.92. The standard InChI is InChI=1S/C7H11N2.BrH/c1-2-9-5-3-4-7(8)6-9;/h3-6H,2,8H2,1H3;1H/q+1;/p-1. The number of anilines is 1. The molecule has 0 unspecified atom stereocenters. The third kappa shape index (κ3) is 2.35. The van der Waals surface area contributed by atoms with Gasteiger partial charge in [-0.1, -0.05) is 0 Å². The van der Waals surface area contributed by atoms with Gasteiger partial charge in [-0.3, -0.25) is 0 Å². The van der Waals surface area contributed by atoms with Gasteiger partial charge in [-0.2, -0.15) is 0 Å². The number of nitrogens with zero attached hydrogens (tertiary/aromatic N) is 1. The molecule has 0 saturated heterocycles. The van der Waals surface area contributed by atoms with Crippen LogP contribution in [0.25, 0.3) is 0 Å². The number of nitrogens with two attached hydrogens (primary N) is 1. The van der Waals surface area contributed by atoms with E-state index in [0.29, 0.717) is 0 Å². The lowest BCUT2D eigenvalue weighted by Gasteiger charge is -1.90. The fourth-order valence-electron chi connectivity index (χ4n) is 0.739. The minimum absolute atomic E-state index is 0. The zero-order chi connectivity index (χ0) is 6.69. The summed E-state index contributed by atoms with van der Waals surface area (Å²) in [5.41, 5.74) is 6.33. The summed E-state index contributed by atoms with van der Waals surface area (Å²) in [5.74, 6) is 0. The van der Waals surface area contributed by atoms with Gasteiger partial charge in [0.1, 0.15) is 6.54 Å². The van der Waals surface area contributed by atoms with E-state index in [0.717, 1.165) is 12.2 Å². The first kappa shape index (κ1) is 9.43. The van der Waals surface area contributed by atoms with Gasteiger partial charge in [0.25, 0.3) is 0 Å². The van der Waals surface area contributed by atoms with Crippen LogP contribution in [-0.4, -0.2) is 0 Å². The van der Waals surface area contributed by atoms with Crippen LogP contribution in [0, 0.1) is 0 Å². The van der Waals surface area contributed by atoms with Gasteiger partial charge in [0, 0.05) is 6.07 Å². The van der Waals surface area contributed by atoms with Crippen LogP contribution >= 0.6 is 0 Å². The molecular formula is C7H11BrN2. The first-order valence-electron chi connectivity index (χ1n) is 3.07. The maximum Gasteiger partial charge on any atom is 0.191 e. The summed E-state index contributed by atoms with van der Waals surface area (Å²) in [6.07, 6.45) is 3.91. The number of hydrogen-bond donors (Lipinski definition) is 1. The maximum absolute atomic E-state index is 5.51. The summed E-state index contributed by atoms with van der Waals surface area (Å²) in [6, 6.07) is 3.82. The van der Waals surface area contributed by atoms with Crippen molar-refractivity contribution in [2.45, 2.75) is 13.5 Å². The van der Waals surface area contributed by atoms with E-state index in [2.05, 4.69) is 6.92 Å². The smallest absolute Gasteiger partial charge is 0.191 e. The predicted molar refractivity (Wildman–Crippen MR) is 36.7 cm³/mol. The summed E-state index contributed by atoms with van der Waals surface area (Å²) in [6.45, 7) is 3.06. The summed E-state index contributed by atoms with van der Waals surface area (Å²) < 4.78 is 2.04. The number of rotatable bonds is 1. The van der Waals surface area contributed by atoms with E-state index >= 15 is 0 Å². The SMILES string of the molecule is CC[n+]1cccc(N)c1.[Br-]. The average molecular weight is 203 g/mol. The molecule has 3 heteroatoms. The van der Waals surface area contributed by atoms with Crippen molar-refractivity contribution in [3.05, 3.63) is 24.5 Å². The Morgan fingerprint density at radius 2 is 2.30 bits per heavy atom. The molecule has 0 radical (unpaired) electrons. The van der Waals surface area contributed by atoms with Crippen LogP contribution in [-0.2, 0) is 6.54 Å². The second-order valence-corrected chi connectivity index (χ2v) is 1.97. The van der Waals surface area contributed by atoms with Gasteiger partial charge in [0.2, 0.25) is 0 Å². The Hall–Kier alpha value is -0.570. The van der Waals surface area contributed by atoms with E-state index in [1.165, 1.54) is 0 Å². The Labute approximate surface area is 71.4 Å². The highest BCUT2D eigenvalue weighted by molar-refractivity contribution is 5.30. The first-order chi connectivity index (χ1) is 4.33. The molecule has 0 aliphatic carbocycles. The largest absolute Gasteiger partial charge is 1.00 e. The highest BCUT2D eigenvalue weighted by Crippen LogP contribution is 1.91. The summed E-state index contributed by atoms with van der Waals surface area (Å²) >= 11 is 0. The van der Waals surface area contributed by atoms with Crippen molar-refractivity contribution in [2.75, 3.05) is 5.73 Å². The Bertz CT molecular complexity index is 201. The molecule has 1 heterocycles. The van der Waals surface area contributed by atoms with Gasteiger partial charge < -0.3 is 22.7 Å². The molecular weight excluding hydrogens is 192 g/mol. The molecule has 10 heavy (non-hydrogen) atoms. The van der Waals surface area contributed by atoms with Gasteiger partial charge in [-0.05, 0) is 13.0 Å². The molecule has 0 aliphatic heterocycles. The molecule has 1 aromatic rings. The fourth-order valence-corrected chi connectivity index (χ4v) is 0.739. The second kappa shape index (κ2) is 4.28. The van der Waals surface area contributed by atoms with Gasteiger partial charge in [0.15, 0.2) is 12.4 Å². The van der Waals surface area contributed by atoms with Crippen molar-refractivity contribution < 1.29 is 21.5 Å². The molecule has 0 saturated carbocycles. The molecule has 0 aromatic carbocycles. The number of pyridine rings is 1. The van der Waals surface area contributed by atoms with Crippen LogP contribution in [0.2, 0.25) is 0 Å². The van der Waals surface area contributed by atoms with E-state index in [1.54, 1.807) is 0 Å². The fraction of sp³-hybridized carbons (Fsp3) is 0.286. The van der Waals surface area contributed by atoms with Gasteiger partial charge in [-0.25, -0.2) is 4.57 Å². The lowest BCUT2D eigenvalue weighted by molar-refractivity contribution is -0.692. The molecule has 2 N–H and O–H groups in total. The van der Waals surface area contributed by atoms with Crippen LogP contribution in [0.5, 0.6) is 0 Å². The number of aryl methyl sites for hydroxylation is 1. The molecule has 0 bridgehead atoms. The zero-order valence-corrected chi connectivity index (χ0v) is 7.51. The molecule has 0 atom stereocenters. The second-order valence-electron chi connectivity index (χ2n) is 1.97. The van der Waals surface area contributed by atoms with Crippen molar-refractivity contribution in [1.29, 1.82) is 0 Å². The van der Waals surface area contributed by atoms with E-state index in [4.69, 9.17) is 5.73 Å². The molecule has 0 fully saturated rings. The minimum atomic E-state index is 0. The van der Waals surface area contributed by atoms with Crippen molar-refractivity contribution in [2.24, 2.45) is 0 Å². The van der Waals surface area contributed by atoms with Gasteiger partial charge in [0.05, 0.1) is 5.69 Å². The Morgan fingerprint density at radius 3 is 2.70 bits per heavy atom. The Morgan fingerprint density at radius 1 is 1.60 bits per heavy atom. The molecule has 56 valence electrons. The predicted octanol–water partition coefficient (Wildman–Crippen LogP) is -2.42. The van der Waals surface area contributed by atoms with Crippen LogP contribution in [0.15, 0.2) is 24.5 Å². The summed E-state index contributed by atoms with van der Waals surface area (Å²) in [5, 5.41) is 0. The van der Waals surface area contributed by atoms with Crippen molar-refractivity contribution in [3.63, 3.8) is 0 Å². The van der Waals surface area contributed by atoms with Crippen LogP contribution in [0.4, 0.5) is 5.69 Å². The lowest BCUT2D eigenvalue weighted by Crippen LogP contribution is -3.00. The van der Waals surface area contributed by atoms with Crippen LogP contribution in [0.1, 0.15) is 6.92 Å². The van der Waals surface area contributed by atoms with Gasteiger partial charge in [-0.15, -0.1) is 0 Å². The quantitative estimate of drug-likeness (QED) is 0.506. The minimum Gasteiger partial charge on any atom is -1.00 e. The topological polar surface area (TPSA) is 29.9 Å². The number of hydrogen-bond acceptors (Lipinski definition) is 1. The molecule has 1 rings (SSSR count). The lowest BCUT2D eigenvalue weighted by atomic mass is 10.4. The van der Waals surface area contributed by atoms with Gasteiger partial charge >= 0.3 is 0 Å². The van der Waals surface area contributed by atoms with Crippen LogP contribution < -0.4 is 27.3 Å². The number of halogens is 1. The Kier molecular flexibility index (Phi) is 4.03. The Balaban J connectivity index is 0.000000810. The molecule has 2 nitrogen and oxygen atoms in total. The van der Waals surface area contributed by atoms with E-state index in [9.17, 15) is 0 Å². The molecule has 0 amide bonds. The van der Waals surface area contributed by atoms with Crippen molar-refractivity contribution >= 4 is 5.69 Å². The third-order valence-corrected chi connectivity index (χ3v) is 1.25. The monoisotopic (exact) mass is 202 g/mol. The van der Waals surface area contributed by atoms with E-state index in [-0.39, 0.29) is 17.0 Å². The highest BCUT2D eigenvalue weighted by atomic mass is 79.9. The first-order valence-corrected chi connectivity index (χ1v) is 3.07. The molecule has 0 spiro atoms.